The number of methoxy groups -OCH3 is 1. The lowest BCUT2D eigenvalue weighted by Crippen LogP contribution is -2.27. The fourth-order valence-corrected chi connectivity index (χ4v) is 2.91. The quantitative estimate of drug-likeness (QED) is 0.618. The smallest absolute Gasteiger partial charge is 0.270 e. The second-order valence-corrected chi connectivity index (χ2v) is 6.57. The van der Waals surface area contributed by atoms with E-state index in [1.54, 1.807) is 19.4 Å². The van der Waals surface area contributed by atoms with Gasteiger partial charge in [0.1, 0.15) is 11.4 Å². The number of nitrogens with zero attached hydrogens (tertiary/aromatic N) is 1. The summed E-state index contributed by atoms with van der Waals surface area (Å²) < 4.78 is 5.24. The van der Waals surface area contributed by atoms with E-state index in [9.17, 15) is 4.79 Å². The van der Waals surface area contributed by atoms with Gasteiger partial charge in [-0.15, -0.1) is 0 Å². The summed E-state index contributed by atoms with van der Waals surface area (Å²) in [6, 6.07) is 21.4. The number of rotatable bonds is 8. The van der Waals surface area contributed by atoms with Crippen LogP contribution in [0.3, 0.4) is 0 Å². The number of nitrogens with one attached hydrogen (secondary N) is 2. The van der Waals surface area contributed by atoms with Gasteiger partial charge < -0.3 is 15.4 Å². The number of benzene rings is 2. The zero-order valence-corrected chi connectivity index (χ0v) is 16.2. The summed E-state index contributed by atoms with van der Waals surface area (Å²) in [4.78, 5) is 16.7. The molecule has 2 aromatic carbocycles. The standard InChI is InChI=1S/C23H25N3O2/c1-17(19-8-4-3-5-9-19)26-23(27)22-12-11-20(16-25-22)24-14-13-18-7-6-10-21(15-18)28-2/h3-12,15-17,24H,13-14H2,1-2H3,(H,26,27). The SMILES string of the molecule is COc1cccc(CCNc2ccc(C(=O)NC(C)c3ccccc3)nc2)c1. The molecular formula is C23H25N3O2. The Morgan fingerprint density at radius 1 is 1.07 bits per heavy atom. The van der Waals surface area contributed by atoms with Gasteiger partial charge in [0, 0.05) is 6.54 Å². The predicted molar refractivity (Wildman–Crippen MR) is 112 cm³/mol. The lowest BCUT2D eigenvalue weighted by Gasteiger charge is -2.14. The largest absolute Gasteiger partial charge is 0.497 e. The van der Waals surface area contributed by atoms with Gasteiger partial charge in [-0.25, -0.2) is 4.98 Å². The van der Waals surface area contributed by atoms with Crippen LogP contribution in [0.5, 0.6) is 5.75 Å². The molecule has 144 valence electrons. The molecule has 0 aliphatic carbocycles. The van der Waals surface area contributed by atoms with Crippen molar-refractivity contribution in [1.29, 1.82) is 0 Å². The third-order valence-corrected chi connectivity index (χ3v) is 4.52. The molecule has 1 amide bonds. The molecular weight excluding hydrogens is 350 g/mol. The van der Waals surface area contributed by atoms with E-state index in [4.69, 9.17) is 4.74 Å². The maximum atomic E-state index is 12.4. The Kier molecular flexibility index (Phi) is 6.63. The van der Waals surface area contributed by atoms with Crippen LogP contribution in [0.25, 0.3) is 0 Å². The molecule has 0 saturated carbocycles. The average molecular weight is 375 g/mol. The second-order valence-electron chi connectivity index (χ2n) is 6.57. The van der Waals surface area contributed by atoms with Gasteiger partial charge in [0.05, 0.1) is 25.0 Å². The number of carbonyl (C=O) groups is 1. The zero-order valence-electron chi connectivity index (χ0n) is 16.2. The maximum Gasteiger partial charge on any atom is 0.270 e. The van der Waals surface area contributed by atoms with Crippen LogP contribution >= 0.6 is 0 Å². The van der Waals surface area contributed by atoms with Gasteiger partial charge in [-0.2, -0.15) is 0 Å². The van der Waals surface area contributed by atoms with Crippen LogP contribution in [-0.4, -0.2) is 24.5 Å². The van der Waals surface area contributed by atoms with E-state index < -0.39 is 0 Å². The number of amides is 1. The van der Waals surface area contributed by atoms with Crippen LogP contribution in [0, 0.1) is 0 Å². The number of anilines is 1. The van der Waals surface area contributed by atoms with Gasteiger partial charge in [-0.3, -0.25) is 4.79 Å². The lowest BCUT2D eigenvalue weighted by atomic mass is 10.1. The lowest BCUT2D eigenvalue weighted by molar-refractivity contribution is 0.0935. The first-order valence-electron chi connectivity index (χ1n) is 9.34. The number of aromatic nitrogens is 1. The minimum atomic E-state index is -0.181. The molecule has 1 unspecified atom stereocenters. The predicted octanol–water partition coefficient (Wildman–Crippen LogP) is 4.24. The van der Waals surface area contributed by atoms with Crippen LogP contribution < -0.4 is 15.4 Å². The summed E-state index contributed by atoms with van der Waals surface area (Å²) in [5.74, 6) is 0.679. The first kappa shape index (κ1) is 19.4. The number of carbonyl (C=O) groups excluding carboxylic acids is 1. The Balaban J connectivity index is 1.50. The number of pyridine rings is 1. The highest BCUT2D eigenvalue weighted by Gasteiger charge is 2.12. The van der Waals surface area contributed by atoms with Gasteiger partial charge >= 0.3 is 0 Å². The van der Waals surface area contributed by atoms with Crippen molar-refractivity contribution >= 4 is 11.6 Å². The summed E-state index contributed by atoms with van der Waals surface area (Å²) in [6.07, 6.45) is 2.56. The fourth-order valence-electron chi connectivity index (χ4n) is 2.91. The third kappa shape index (κ3) is 5.33. The van der Waals surface area contributed by atoms with Gasteiger partial charge in [0.15, 0.2) is 0 Å². The topological polar surface area (TPSA) is 63.2 Å². The maximum absolute atomic E-state index is 12.4. The Morgan fingerprint density at radius 2 is 1.89 bits per heavy atom. The van der Waals surface area contributed by atoms with E-state index in [-0.39, 0.29) is 11.9 Å². The van der Waals surface area contributed by atoms with Crippen molar-refractivity contribution in [3.05, 3.63) is 89.7 Å². The van der Waals surface area contributed by atoms with E-state index >= 15 is 0 Å². The molecule has 0 fully saturated rings. The highest BCUT2D eigenvalue weighted by molar-refractivity contribution is 5.92. The molecule has 0 saturated heterocycles. The number of hydrogen-bond donors (Lipinski definition) is 2. The van der Waals surface area contributed by atoms with Crippen molar-refractivity contribution in [2.45, 2.75) is 19.4 Å². The monoisotopic (exact) mass is 375 g/mol. The van der Waals surface area contributed by atoms with E-state index in [2.05, 4.69) is 21.7 Å². The fraction of sp³-hybridized carbons (Fsp3) is 0.217. The van der Waals surface area contributed by atoms with Crippen molar-refractivity contribution in [2.75, 3.05) is 19.0 Å². The van der Waals surface area contributed by atoms with Crippen molar-refractivity contribution in [3.63, 3.8) is 0 Å². The van der Waals surface area contributed by atoms with Crippen molar-refractivity contribution in [1.82, 2.24) is 10.3 Å². The normalized spacial score (nSPS) is 11.5. The highest BCUT2D eigenvalue weighted by atomic mass is 16.5. The molecule has 2 N–H and O–H groups in total. The van der Waals surface area contributed by atoms with E-state index in [1.807, 2.05) is 61.5 Å². The van der Waals surface area contributed by atoms with Crippen molar-refractivity contribution in [2.24, 2.45) is 0 Å². The van der Waals surface area contributed by atoms with Crippen molar-refractivity contribution in [3.8, 4) is 5.75 Å². The first-order valence-corrected chi connectivity index (χ1v) is 9.34. The molecule has 0 bridgehead atoms. The van der Waals surface area contributed by atoms with E-state index in [0.29, 0.717) is 5.69 Å². The van der Waals surface area contributed by atoms with Crippen LogP contribution in [0.15, 0.2) is 72.9 Å². The molecule has 5 heteroatoms. The Morgan fingerprint density at radius 3 is 2.61 bits per heavy atom. The second kappa shape index (κ2) is 9.55. The molecule has 1 aromatic heterocycles. The average Bonchev–Trinajstić information content (AvgIpc) is 2.75. The summed E-state index contributed by atoms with van der Waals surface area (Å²) in [5, 5.41) is 6.30. The zero-order chi connectivity index (χ0) is 19.8. The minimum absolute atomic E-state index is 0.0730. The number of ether oxygens (including phenoxy) is 1. The molecule has 1 atom stereocenters. The third-order valence-electron chi connectivity index (χ3n) is 4.52. The molecule has 3 rings (SSSR count). The molecule has 0 aliphatic heterocycles. The molecule has 0 aliphatic rings. The van der Waals surface area contributed by atoms with Crippen LogP contribution in [0.2, 0.25) is 0 Å². The van der Waals surface area contributed by atoms with E-state index in [1.165, 1.54) is 5.56 Å². The first-order chi connectivity index (χ1) is 13.7. The van der Waals surface area contributed by atoms with Crippen LogP contribution in [0.4, 0.5) is 5.69 Å². The minimum Gasteiger partial charge on any atom is -0.497 e. The summed E-state index contributed by atoms with van der Waals surface area (Å²) >= 11 is 0. The molecule has 28 heavy (non-hydrogen) atoms. The molecule has 3 aromatic rings. The molecule has 0 radical (unpaired) electrons. The molecule has 1 heterocycles. The molecule has 5 nitrogen and oxygen atoms in total. The van der Waals surface area contributed by atoms with Crippen molar-refractivity contribution < 1.29 is 9.53 Å². The van der Waals surface area contributed by atoms with Crippen LogP contribution in [-0.2, 0) is 6.42 Å². The van der Waals surface area contributed by atoms with Gasteiger partial charge in [-0.05, 0) is 48.7 Å². The molecule has 0 spiro atoms. The van der Waals surface area contributed by atoms with Gasteiger partial charge in [0.25, 0.3) is 5.91 Å². The van der Waals surface area contributed by atoms with Gasteiger partial charge in [-0.1, -0.05) is 42.5 Å². The Labute approximate surface area is 165 Å². The summed E-state index contributed by atoms with van der Waals surface area (Å²) in [7, 11) is 1.67. The number of hydrogen-bond acceptors (Lipinski definition) is 4. The summed E-state index contributed by atoms with van der Waals surface area (Å²) in [6.45, 7) is 2.73. The van der Waals surface area contributed by atoms with Gasteiger partial charge in [0.2, 0.25) is 0 Å². The summed E-state index contributed by atoms with van der Waals surface area (Å²) in [5.41, 5.74) is 3.55. The Hall–Kier alpha value is -3.34. The van der Waals surface area contributed by atoms with Crippen LogP contribution in [0.1, 0.15) is 34.6 Å². The highest BCUT2D eigenvalue weighted by Crippen LogP contribution is 2.14. The van der Waals surface area contributed by atoms with E-state index in [0.717, 1.165) is 30.0 Å². The Bertz CT molecular complexity index is 895.